The van der Waals surface area contributed by atoms with Gasteiger partial charge in [-0.25, -0.2) is 4.79 Å². The maximum absolute atomic E-state index is 12.3. The van der Waals surface area contributed by atoms with Crippen molar-refractivity contribution in [3.05, 3.63) is 29.8 Å². The fraction of sp³-hybridized carbons (Fsp3) is 0.467. The molecule has 0 spiro atoms. The molecule has 0 fully saturated rings. The maximum Gasteiger partial charge on any atom is 0.387 e. The lowest BCUT2D eigenvalue weighted by Gasteiger charge is -2.20. The number of nitrogens with one attached hydrogen (secondary N) is 1. The van der Waals surface area contributed by atoms with Crippen molar-refractivity contribution in [2.45, 2.75) is 20.0 Å². The van der Waals surface area contributed by atoms with Crippen LogP contribution in [0.1, 0.15) is 12.5 Å². The number of para-hydroxylation sites is 1. The van der Waals surface area contributed by atoms with Gasteiger partial charge in [-0.15, -0.1) is 0 Å². The second-order valence-electron chi connectivity index (χ2n) is 5.09. The van der Waals surface area contributed by atoms with Gasteiger partial charge in [-0.1, -0.05) is 25.1 Å². The van der Waals surface area contributed by atoms with Crippen LogP contribution in [-0.2, 0) is 11.2 Å². The SMILES string of the molecule is CC(CN(C)C(=O)NCCc1ccccc1OC(F)F)C(=O)O. The lowest BCUT2D eigenvalue weighted by molar-refractivity contribution is -0.141. The van der Waals surface area contributed by atoms with Crippen LogP contribution in [0.15, 0.2) is 24.3 Å². The van der Waals surface area contributed by atoms with E-state index in [2.05, 4.69) is 10.1 Å². The Labute approximate surface area is 133 Å². The molecule has 1 unspecified atom stereocenters. The number of hydrogen-bond donors (Lipinski definition) is 2. The number of hydrogen-bond acceptors (Lipinski definition) is 3. The van der Waals surface area contributed by atoms with Gasteiger partial charge in [0.05, 0.1) is 5.92 Å². The third-order valence-electron chi connectivity index (χ3n) is 3.18. The first-order chi connectivity index (χ1) is 10.8. The van der Waals surface area contributed by atoms with Crippen molar-refractivity contribution in [3.63, 3.8) is 0 Å². The summed E-state index contributed by atoms with van der Waals surface area (Å²) in [4.78, 5) is 23.8. The molecule has 1 rings (SSSR count). The van der Waals surface area contributed by atoms with Crippen molar-refractivity contribution in [1.29, 1.82) is 0 Å². The maximum atomic E-state index is 12.3. The molecule has 0 aliphatic rings. The van der Waals surface area contributed by atoms with Crippen LogP contribution in [-0.4, -0.2) is 48.8 Å². The Balaban J connectivity index is 2.47. The monoisotopic (exact) mass is 330 g/mol. The first kappa shape index (κ1) is 18.7. The van der Waals surface area contributed by atoms with Gasteiger partial charge in [-0.2, -0.15) is 8.78 Å². The molecule has 8 heteroatoms. The van der Waals surface area contributed by atoms with Crippen molar-refractivity contribution in [2.75, 3.05) is 20.1 Å². The molecule has 1 aromatic carbocycles. The van der Waals surface area contributed by atoms with E-state index in [4.69, 9.17) is 5.11 Å². The number of nitrogens with zero attached hydrogens (tertiary/aromatic N) is 1. The Bertz CT molecular complexity index is 540. The summed E-state index contributed by atoms with van der Waals surface area (Å²) < 4.78 is 29.0. The fourth-order valence-electron chi connectivity index (χ4n) is 1.93. The second-order valence-corrected chi connectivity index (χ2v) is 5.09. The number of carbonyl (C=O) groups is 2. The Morgan fingerprint density at radius 3 is 2.61 bits per heavy atom. The summed E-state index contributed by atoms with van der Waals surface area (Å²) in [5.41, 5.74) is 0.551. The van der Waals surface area contributed by atoms with Gasteiger partial charge in [0.1, 0.15) is 5.75 Å². The minimum atomic E-state index is -2.91. The van der Waals surface area contributed by atoms with Gasteiger partial charge in [0.15, 0.2) is 0 Å². The summed E-state index contributed by atoms with van der Waals surface area (Å²) in [5, 5.41) is 11.4. The number of carbonyl (C=O) groups excluding carboxylic acids is 1. The van der Waals surface area contributed by atoms with Crippen molar-refractivity contribution in [3.8, 4) is 5.75 Å². The van der Waals surface area contributed by atoms with Gasteiger partial charge in [0.2, 0.25) is 0 Å². The summed E-state index contributed by atoms with van der Waals surface area (Å²) >= 11 is 0. The van der Waals surface area contributed by atoms with Crippen LogP contribution in [0.2, 0.25) is 0 Å². The van der Waals surface area contributed by atoms with Gasteiger partial charge < -0.3 is 20.1 Å². The van der Waals surface area contributed by atoms with Crippen molar-refractivity contribution in [2.24, 2.45) is 5.92 Å². The Morgan fingerprint density at radius 1 is 1.35 bits per heavy atom. The van der Waals surface area contributed by atoms with Crippen LogP contribution < -0.4 is 10.1 Å². The second kappa shape index (κ2) is 8.92. The molecule has 6 nitrogen and oxygen atoms in total. The van der Waals surface area contributed by atoms with Gasteiger partial charge in [0.25, 0.3) is 0 Å². The summed E-state index contributed by atoms with van der Waals surface area (Å²) in [6.07, 6.45) is 0.316. The standard InChI is InChI=1S/C15H20F2N2O4/c1-10(13(20)21)9-19(2)15(22)18-8-7-11-5-3-4-6-12(11)23-14(16)17/h3-6,10,14H,7-9H2,1-2H3,(H,18,22)(H,20,21). The smallest absolute Gasteiger partial charge is 0.387 e. The number of aliphatic carboxylic acids is 1. The highest BCUT2D eigenvalue weighted by Gasteiger charge is 2.17. The number of rotatable bonds is 8. The van der Waals surface area contributed by atoms with E-state index < -0.39 is 24.5 Å². The number of urea groups is 1. The Kier molecular flexibility index (Phi) is 7.24. The number of benzene rings is 1. The molecule has 0 aliphatic carbocycles. The van der Waals surface area contributed by atoms with Gasteiger partial charge in [-0.05, 0) is 18.1 Å². The van der Waals surface area contributed by atoms with Crippen LogP contribution in [0.25, 0.3) is 0 Å². The van der Waals surface area contributed by atoms with Crippen molar-refractivity contribution in [1.82, 2.24) is 10.2 Å². The largest absolute Gasteiger partial charge is 0.481 e. The van der Waals surface area contributed by atoms with Gasteiger partial charge >= 0.3 is 18.6 Å². The molecular formula is C15H20F2N2O4. The molecule has 0 saturated carbocycles. The Hall–Kier alpha value is -2.38. The van der Waals surface area contributed by atoms with Gasteiger partial charge in [0, 0.05) is 20.1 Å². The zero-order chi connectivity index (χ0) is 17.4. The predicted octanol–water partition coefficient (Wildman–Crippen LogP) is 2.19. The summed E-state index contributed by atoms with van der Waals surface area (Å²) in [7, 11) is 1.49. The fourth-order valence-corrected chi connectivity index (χ4v) is 1.93. The highest BCUT2D eigenvalue weighted by atomic mass is 19.3. The predicted molar refractivity (Wildman–Crippen MR) is 79.6 cm³/mol. The first-order valence-corrected chi connectivity index (χ1v) is 7.05. The lowest BCUT2D eigenvalue weighted by Crippen LogP contribution is -2.41. The van der Waals surface area contributed by atoms with E-state index >= 15 is 0 Å². The van der Waals surface area contributed by atoms with Crippen LogP contribution in [0, 0.1) is 5.92 Å². The van der Waals surface area contributed by atoms with Crippen LogP contribution in [0.3, 0.4) is 0 Å². The van der Waals surface area contributed by atoms with E-state index in [1.807, 2.05) is 0 Å². The number of alkyl halides is 2. The molecule has 0 aliphatic heterocycles. The average Bonchev–Trinajstić information content (AvgIpc) is 2.48. The van der Waals surface area contributed by atoms with Crippen molar-refractivity contribution < 1.29 is 28.2 Å². The molecule has 0 bridgehead atoms. The van der Waals surface area contributed by atoms with E-state index in [-0.39, 0.29) is 18.8 Å². The zero-order valence-corrected chi connectivity index (χ0v) is 13.0. The third-order valence-corrected chi connectivity index (χ3v) is 3.18. The summed E-state index contributed by atoms with van der Waals surface area (Å²) in [6, 6.07) is 5.92. The minimum absolute atomic E-state index is 0.0737. The third kappa shape index (κ3) is 6.50. The quantitative estimate of drug-likeness (QED) is 0.766. The van der Waals surface area contributed by atoms with E-state index in [9.17, 15) is 18.4 Å². The number of carboxylic acids is 1. The molecule has 23 heavy (non-hydrogen) atoms. The minimum Gasteiger partial charge on any atom is -0.481 e. The normalized spacial score (nSPS) is 11.9. The molecule has 0 heterocycles. The molecule has 0 saturated heterocycles. The van der Waals surface area contributed by atoms with Crippen molar-refractivity contribution >= 4 is 12.0 Å². The molecule has 1 atom stereocenters. The number of amides is 2. The number of carboxylic acid groups (broad SMARTS) is 1. The molecule has 0 aromatic heterocycles. The molecule has 2 N–H and O–H groups in total. The average molecular weight is 330 g/mol. The molecule has 2 amide bonds. The summed E-state index contributed by atoms with van der Waals surface area (Å²) in [5.74, 6) is -1.58. The molecule has 128 valence electrons. The van der Waals surface area contributed by atoms with Crippen LogP contribution in [0.5, 0.6) is 5.75 Å². The summed E-state index contributed by atoms with van der Waals surface area (Å²) in [6.45, 7) is -1.11. The zero-order valence-electron chi connectivity index (χ0n) is 13.0. The number of halogens is 2. The lowest BCUT2D eigenvalue weighted by atomic mass is 10.1. The van der Waals surface area contributed by atoms with E-state index in [0.717, 1.165) is 0 Å². The number of ether oxygens (including phenoxy) is 1. The molecular weight excluding hydrogens is 310 g/mol. The van der Waals surface area contributed by atoms with E-state index in [0.29, 0.717) is 12.0 Å². The topological polar surface area (TPSA) is 78.9 Å². The van der Waals surface area contributed by atoms with E-state index in [1.165, 1.54) is 24.9 Å². The highest BCUT2D eigenvalue weighted by Crippen LogP contribution is 2.20. The van der Waals surface area contributed by atoms with Gasteiger partial charge in [-0.3, -0.25) is 4.79 Å². The van der Waals surface area contributed by atoms with Crippen LogP contribution in [0.4, 0.5) is 13.6 Å². The molecule has 0 radical (unpaired) electrons. The Morgan fingerprint density at radius 2 is 2.00 bits per heavy atom. The van der Waals surface area contributed by atoms with Crippen LogP contribution >= 0.6 is 0 Å². The molecule has 1 aromatic rings. The van der Waals surface area contributed by atoms with E-state index in [1.54, 1.807) is 18.2 Å². The first-order valence-electron chi connectivity index (χ1n) is 7.05. The highest BCUT2D eigenvalue weighted by molar-refractivity contribution is 5.75.